The van der Waals surface area contributed by atoms with Crippen molar-refractivity contribution in [2.75, 3.05) is 0 Å². The Morgan fingerprint density at radius 2 is 1.89 bits per heavy atom. The van der Waals surface area contributed by atoms with E-state index in [1.165, 1.54) is 11.1 Å². The van der Waals surface area contributed by atoms with Crippen LogP contribution in [0.4, 0.5) is 0 Å². The van der Waals surface area contributed by atoms with E-state index in [4.69, 9.17) is 5.73 Å². The third kappa shape index (κ3) is 3.25. The van der Waals surface area contributed by atoms with Crippen molar-refractivity contribution < 1.29 is 0 Å². The molecule has 1 aromatic carbocycles. The van der Waals surface area contributed by atoms with Gasteiger partial charge in [-0.2, -0.15) is 5.10 Å². The maximum absolute atomic E-state index is 6.36. The normalized spacial score (nSPS) is 12.9. The average molecular weight is 322 g/mol. The highest BCUT2D eigenvalue weighted by molar-refractivity contribution is 9.10. The standard InChI is InChI=1S/C15H20BrN3/c1-10(2)19-15(13(16)9-18-19)14(17)8-12-6-4-11(3)5-7-12/h4-7,9-10,14H,8,17H2,1-3H3. The summed E-state index contributed by atoms with van der Waals surface area (Å²) in [6.07, 6.45) is 2.64. The predicted octanol–water partition coefficient (Wildman–Crippen LogP) is 3.78. The molecule has 1 aromatic heterocycles. The van der Waals surface area contributed by atoms with Crippen LogP contribution in [-0.4, -0.2) is 9.78 Å². The molecular weight excluding hydrogens is 302 g/mol. The summed E-state index contributed by atoms with van der Waals surface area (Å²) in [6.45, 7) is 6.32. The second-order valence-corrected chi connectivity index (χ2v) is 6.07. The van der Waals surface area contributed by atoms with Crippen molar-refractivity contribution in [3.05, 3.63) is 51.8 Å². The Morgan fingerprint density at radius 1 is 1.26 bits per heavy atom. The van der Waals surface area contributed by atoms with Crippen LogP contribution in [-0.2, 0) is 6.42 Å². The number of halogens is 1. The van der Waals surface area contributed by atoms with Gasteiger partial charge in [-0.25, -0.2) is 0 Å². The smallest absolute Gasteiger partial charge is 0.0699 e. The quantitative estimate of drug-likeness (QED) is 0.931. The molecule has 0 saturated heterocycles. The summed E-state index contributed by atoms with van der Waals surface area (Å²) < 4.78 is 2.98. The fourth-order valence-corrected chi connectivity index (χ4v) is 2.75. The first kappa shape index (κ1) is 14.3. The Labute approximate surface area is 122 Å². The summed E-state index contributed by atoms with van der Waals surface area (Å²) in [4.78, 5) is 0. The Hall–Kier alpha value is -1.13. The van der Waals surface area contributed by atoms with E-state index in [-0.39, 0.29) is 6.04 Å². The molecule has 3 nitrogen and oxygen atoms in total. The summed E-state index contributed by atoms with van der Waals surface area (Å²) in [5.41, 5.74) is 9.94. The molecule has 1 unspecified atom stereocenters. The fraction of sp³-hybridized carbons (Fsp3) is 0.400. The topological polar surface area (TPSA) is 43.8 Å². The zero-order valence-corrected chi connectivity index (χ0v) is 13.2. The van der Waals surface area contributed by atoms with E-state index in [2.05, 4.69) is 66.1 Å². The zero-order chi connectivity index (χ0) is 14.0. The first-order valence-corrected chi connectivity index (χ1v) is 7.32. The van der Waals surface area contributed by atoms with Crippen molar-refractivity contribution in [1.29, 1.82) is 0 Å². The fourth-order valence-electron chi connectivity index (χ4n) is 2.18. The minimum absolute atomic E-state index is 0.0537. The van der Waals surface area contributed by atoms with Gasteiger partial charge in [0.1, 0.15) is 0 Å². The van der Waals surface area contributed by atoms with Gasteiger partial charge in [0.05, 0.1) is 22.4 Å². The van der Waals surface area contributed by atoms with Crippen molar-refractivity contribution >= 4 is 15.9 Å². The van der Waals surface area contributed by atoms with Crippen molar-refractivity contribution in [2.45, 2.75) is 39.3 Å². The molecule has 2 N–H and O–H groups in total. The van der Waals surface area contributed by atoms with E-state index in [1.807, 2.05) is 10.9 Å². The predicted molar refractivity (Wildman–Crippen MR) is 82.1 cm³/mol. The zero-order valence-electron chi connectivity index (χ0n) is 11.6. The van der Waals surface area contributed by atoms with Crippen LogP contribution in [0.15, 0.2) is 34.9 Å². The van der Waals surface area contributed by atoms with Gasteiger partial charge >= 0.3 is 0 Å². The Bertz CT molecular complexity index is 543. The number of aryl methyl sites for hydroxylation is 1. The highest BCUT2D eigenvalue weighted by Crippen LogP contribution is 2.26. The number of hydrogen-bond acceptors (Lipinski definition) is 2. The average Bonchev–Trinajstić information content (AvgIpc) is 2.74. The molecule has 102 valence electrons. The van der Waals surface area contributed by atoms with Crippen LogP contribution in [0.3, 0.4) is 0 Å². The van der Waals surface area contributed by atoms with Crippen LogP contribution in [0.2, 0.25) is 0 Å². The Kier molecular flexibility index (Phi) is 4.42. The molecule has 0 amide bonds. The lowest BCUT2D eigenvalue weighted by molar-refractivity contribution is 0.484. The number of hydrogen-bond donors (Lipinski definition) is 1. The molecule has 2 rings (SSSR count). The molecule has 0 saturated carbocycles. The second-order valence-electron chi connectivity index (χ2n) is 5.21. The van der Waals surface area contributed by atoms with Gasteiger partial charge in [-0.05, 0) is 48.7 Å². The molecule has 0 radical (unpaired) electrons. The van der Waals surface area contributed by atoms with Gasteiger partial charge in [-0.15, -0.1) is 0 Å². The SMILES string of the molecule is Cc1ccc(CC(N)c2c(Br)cnn2C(C)C)cc1. The Balaban J connectivity index is 2.22. The number of aromatic nitrogens is 2. The van der Waals surface area contributed by atoms with Crippen molar-refractivity contribution in [3.63, 3.8) is 0 Å². The summed E-state index contributed by atoms with van der Waals surface area (Å²) in [6, 6.07) is 8.78. The lowest BCUT2D eigenvalue weighted by Crippen LogP contribution is -2.20. The molecular formula is C15H20BrN3. The largest absolute Gasteiger partial charge is 0.322 e. The highest BCUT2D eigenvalue weighted by Gasteiger charge is 2.18. The number of nitrogens with two attached hydrogens (primary N) is 1. The van der Waals surface area contributed by atoms with Gasteiger partial charge in [0.25, 0.3) is 0 Å². The minimum Gasteiger partial charge on any atom is -0.322 e. The van der Waals surface area contributed by atoms with Crippen LogP contribution in [0, 0.1) is 6.92 Å². The van der Waals surface area contributed by atoms with Crippen molar-refractivity contribution in [3.8, 4) is 0 Å². The van der Waals surface area contributed by atoms with E-state index < -0.39 is 0 Å². The van der Waals surface area contributed by atoms with Gasteiger partial charge in [-0.1, -0.05) is 29.8 Å². The van der Waals surface area contributed by atoms with E-state index in [0.717, 1.165) is 16.6 Å². The number of rotatable bonds is 4. The van der Waals surface area contributed by atoms with Crippen molar-refractivity contribution in [1.82, 2.24) is 9.78 Å². The molecule has 1 atom stereocenters. The summed E-state index contributed by atoms with van der Waals surface area (Å²) in [5.74, 6) is 0. The molecule has 0 aliphatic rings. The number of nitrogens with zero attached hydrogens (tertiary/aromatic N) is 2. The van der Waals surface area contributed by atoms with Crippen LogP contribution in [0.25, 0.3) is 0 Å². The second kappa shape index (κ2) is 5.88. The Morgan fingerprint density at radius 3 is 2.47 bits per heavy atom. The van der Waals surface area contributed by atoms with Crippen LogP contribution < -0.4 is 5.73 Å². The molecule has 0 spiro atoms. The number of benzene rings is 1. The van der Waals surface area contributed by atoms with E-state index in [0.29, 0.717) is 6.04 Å². The molecule has 1 heterocycles. The van der Waals surface area contributed by atoms with Gasteiger partial charge in [-0.3, -0.25) is 4.68 Å². The maximum Gasteiger partial charge on any atom is 0.0699 e. The van der Waals surface area contributed by atoms with E-state index in [1.54, 1.807) is 0 Å². The third-order valence-corrected chi connectivity index (χ3v) is 3.81. The van der Waals surface area contributed by atoms with Gasteiger partial charge in [0, 0.05) is 6.04 Å². The highest BCUT2D eigenvalue weighted by atomic mass is 79.9. The lowest BCUT2D eigenvalue weighted by Gasteiger charge is -2.17. The summed E-state index contributed by atoms with van der Waals surface area (Å²) in [7, 11) is 0. The molecule has 0 bridgehead atoms. The minimum atomic E-state index is -0.0537. The lowest BCUT2D eigenvalue weighted by atomic mass is 10.0. The third-order valence-electron chi connectivity index (χ3n) is 3.20. The van der Waals surface area contributed by atoms with Crippen LogP contribution in [0.1, 0.15) is 42.8 Å². The van der Waals surface area contributed by atoms with E-state index >= 15 is 0 Å². The molecule has 0 fully saturated rings. The van der Waals surface area contributed by atoms with E-state index in [9.17, 15) is 0 Å². The first-order valence-electron chi connectivity index (χ1n) is 6.53. The molecule has 4 heteroatoms. The van der Waals surface area contributed by atoms with Gasteiger partial charge < -0.3 is 5.73 Å². The monoisotopic (exact) mass is 321 g/mol. The summed E-state index contributed by atoms with van der Waals surface area (Å²) in [5, 5.41) is 4.38. The summed E-state index contributed by atoms with van der Waals surface area (Å²) >= 11 is 3.55. The first-order chi connectivity index (χ1) is 8.99. The van der Waals surface area contributed by atoms with Gasteiger partial charge in [0.15, 0.2) is 0 Å². The molecule has 2 aromatic rings. The van der Waals surface area contributed by atoms with Gasteiger partial charge in [0.2, 0.25) is 0 Å². The molecule has 0 aliphatic carbocycles. The van der Waals surface area contributed by atoms with Crippen LogP contribution >= 0.6 is 15.9 Å². The molecule has 0 aliphatic heterocycles. The maximum atomic E-state index is 6.36. The molecule has 19 heavy (non-hydrogen) atoms. The van der Waals surface area contributed by atoms with Crippen molar-refractivity contribution in [2.24, 2.45) is 5.73 Å². The van der Waals surface area contributed by atoms with Crippen LogP contribution in [0.5, 0.6) is 0 Å².